The fraction of sp³-hybridized carbons (Fsp3) is 0.333. The molecule has 1 N–H and O–H groups in total. The minimum absolute atomic E-state index is 0.0739. The molecule has 0 aromatic heterocycles. The van der Waals surface area contributed by atoms with Crippen molar-refractivity contribution in [1.82, 2.24) is 5.32 Å². The molecule has 2 aromatic carbocycles. The third kappa shape index (κ3) is 5.89. The lowest BCUT2D eigenvalue weighted by Crippen LogP contribution is -2.38. The average Bonchev–Trinajstić information content (AvgIpc) is 2.69. The van der Waals surface area contributed by atoms with Crippen LogP contribution in [0.25, 0.3) is 0 Å². The van der Waals surface area contributed by atoms with Gasteiger partial charge in [0.15, 0.2) is 0 Å². The predicted molar refractivity (Wildman–Crippen MR) is 119 cm³/mol. The molecule has 4 nitrogen and oxygen atoms in total. The number of carbonyl (C=O) groups excluding carboxylic acids is 3. The molecule has 0 aliphatic heterocycles. The fourth-order valence-corrected chi connectivity index (χ4v) is 3.72. The Morgan fingerprint density at radius 3 is 2.33 bits per heavy atom. The third-order valence-corrected chi connectivity index (χ3v) is 5.52. The van der Waals surface area contributed by atoms with Crippen molar-refractivity contribution >= 4 is 34.7 Å². The number of aryl methyl sites for hydroxylation is 1. The first-order chi connectivity index (χ1) is 14.0. The van der Waals surface area contributed by atoms with Gasteiger partial charge in [-0.25, -0.2) is 4.39 Å². The van der Waals surface area contributed by atoms with Gasteiger partial charge in [-0.3, -0.25) is 14.4 Å². The molecule has 2 aromatic rings. The maximum absolute atomic E-state index is 14.7. The number of thiocarbonyl (C=S) groups is 1. The second-order valence-corrected chi connectivity index (χ2v) is 8.43. The molecule has 0 aliphatic carbocycles. The summed E-state index contributed by atoms with van der Waals surface area (Å²) in [6.45, 7) is 6.47. The molecule has 2 atom stereocenters. The lowest BCUT2D eigenvalue weighted by Gasteiger charge is -2.31. The van der Waals surface area contributed by atoms with E-state index in [1.807, 2.05) is 6.92 Å². The van der Waals surface area contributed by atoms with Crippen LogP contribution in [0.2, 0.25) is 0 Å². The van der Waals surface area contributed by atoms with E-state index in [9.17, 15) is 18.8 Å². The minimum atomic E-state index is -1.02. The Hall–Kier alpha value is -2.73. The number of hydrogen-bond acceptors (Lipinski definition) is 4. The van der Waals surface area contributed by atoms with Gasteiger partial charge in [0.1, 0.15) is 17.4 Å². The molecule has 0 bridgehead atoms. The molecule has 0 heterocycles. The highest BCUT2D eigenvalue weighted by molar-refractivity contribution is 7.80. The molecular formula is C24H26FNO3S. The number of Topliss-reactive ketones (excluding diaryl/α,β-unsaturated/α-hetero) is 2. The maximum Gasteiger partial charge on any atom is 0.256 e. The van der Waals surface area contributed by atoms with E-state index in [0.717, 1.165) is 5.56 Å². The predicted octanol–water partition coefficient (Wildman–Crippen LogP) is 4.72. The Bertz CT molecular complexity index is 974. The van der Waals surface area contributed by atoms with Gasteiger partial charge < -0.3 is 5.32 Å². The van der Waals surface area contributed by atoms with Gasteiger partial charge >= 0.3 is 0 Å². The first-order valence-corrected chi connectivity index (χ1v) is 10.1. The molecule has 1 unspecified atom stereocenters. The van der Waals surface area contributed by atoms with Crippen LogP contribution in [0.4, 0.5) is 4.39 Å². The zero-order valence-corrected chi connectivity index (χ0v) is 18.4. The zero-order valence-electron chi connectivity index (χ0n) is 17.6. The van der Waals surface area contributed by atoms with Crippen molar-refractivity contribution in [3.8, 4) is 0 Å². The van der Waals surface area contributed by atoms with Gasteiger partial charge in [0, 0.05) is 23.8 Å². The van der Waals surface area contributed by atoms with Crippen LogP contribution in [-0.4, -0.2) is 22.5 Å². The smallest absolute Gasteiger partial charge is 0.256 e. The Balaban J connectivity index is 2.32. The van der Waals surface area contributed by atoms with Crippen LogP contribution in [0.1, 0.15) is 55.1 Å². The largest absolute Gasteiger partial charge is 0.316 e. The van der Waals surface area contributed by atoms with Crippen LogP contribution >= 0.6 is 12.2 Å². The third-order valence-electron chi connectivity index (χ3n) is 5.27. The number of rotatable bonds is 8. The molecule has 0 fully saturated rings. The summed E-state index contributed by atoms with van der Waals surface area (Å²) in [6, 6.07) is 13.3. The molecule has 1 amide bonds. The lowest BCUT2D eigenvalue weighted by molar-refractivity contribution is -0.131. The first-order valence-electron chi connectivity index (χ1n) is 9.72. The summed E-state index contributed by atoms with van der Waals surface area (Å²) in [4.78, 5) is 37.0. The van der Waals surface area contributed by atoms with Crippen LogP contribution in [0.5, 0.6) is 0 Å². The quantitative estimate of drug-likeness (QED) is 0.489. The SMILES string of the molecule is CC(=O)C(C)C(=O)C[C@](C)(CC(=S)NC(=O)c1ccccc1)c1cc(C)ccc1F. The molecule has 30 heavy (non-hydrogen) atoms. The fourth-order valence-electron chi connectivity index (χ4n) is 3.31. The number of benzene rings is 2. The van der Waals surface area contributed by atoms with E-state index in [1.54, 1.807) is 56.3 Å². The van der Waals surface area contributed by atoms with Crippen molar-refractivity contribution in [2.75, 3.05) is 0 Å². The second-order valence-electron chi connectivity index (χ2n) is 7.94. The standard InChI is InChI=1S/C24H26FNO3S/c1-15-10-11-20(25)19(12-15)24(4,13-21(28)16(2)17(3)27)14-22(30)26-23(29)18-8-6-5-7-9-18/h5-12,16H,13-14H2,1-4H3,(H,26,29,30)/t16?,24-/m1/s1. The van der Waals surface area contributed by atoms with Crippen molar-refractivity contribution in [3.63, 3.8) is 0 Å². The summed E-state index contributed by atoms with van der Waals surface area (Å²) in [6.07, 6.45) is 0.00706. The highest BCUT2D eigenvalue weighted by Crippen LogP contribution is 2.35. The van der Waals surface area contributed by atoms with E-state index < -0.39 is 17.2 Å². The van der Waals surface area contributed by atoms with Gasteiger partial charge in [0.25, 0.3) is 5.91 Å². The number of hydrogen-bond donors (Lipinski definition) is 1. The van der Waals surface area contributed by atoms with Crippen LogP contribution in [0, 0.1) is 18.7 Å². The molecule has 6 heteroatoms. The van der Waals surface area contributed by atoms with Crippen molar-refractivity contribution in [2.45, 2.75) is 46.0 Å². The summed E-state index contributed by atoms with van der Waals surface area (Å²) in [7, 11) is 0. The Morgan fingerprint density at radius 2 is 1.73 bits per heavy atom. The van der Waals surface area contributed by atoms with E-state index in [2.05, 4.69) is 5.32 Å². The normalized spacial score (nSPS) is 13.8. The monoisotopic (exact) mass is 427 g/mol. The Morgan fingerprint density at radius 1 is 1.10 bits per heavy atom. The summed E-state index contributed by atoms with van der Waals surface area (Å²) >= 11 is 5.39. The number of nitrogens with one attached hydrogen (secondary N) is 1. The number of ketones is 2. The minimum Gasteiger partial charge on any atom is -0.316 e. The van der Waals surface area contributed by atoms with E-state index in [-0.39, 0.29) is 35.3 Å². The second kappa shape index (κ2) is 9.85. The van der Waals surface area contributed by atoms with Crippen LogP contribution in [0.3, 0.4) is 0 Å². The number of halogens is 1. The Labute approximate surface area is 181 Å². The summed E-state index contributed by atoms with van der Waals surface area (Å²) in [5.41, 5.74) is 0.606. The van der Waals surface area contributed by atoms with Crippen molar-refractivity contribution in [1.29, 1.82) is 0 Å². The van der Waals surface area contributed by atoms with Crippen molar-refractivity contribution in [3.05, 3.63) is 71.0 Å². The van der Waals surface area contributed by atoms with Gasteiger partial charge in [0.05, 0.1) is 10.9 Å². The molecule has 0 saturated carbocycles. The van der Waals surface area contributed by atoms with Gasteiger partial charge in [0.2, 0.25) is 0 Å². The molecule has 0 aliphatic rings. The van der Waals surface area contributed by atoms with Crippen LogP contribution in [-0.2, 0) is 15.0 Å². The highest BCUT2D eigenvalue weighted by atomic mass is 32.1. The van der Waals surface area contributed by atoms with E-state index in [4.69, 9.17) is 12.2 Å². The van der Waals surface area contributed by atoms with Gasteiger partial charge in [-0.15, -0.1) is 0 Å². The van der Waals surface area contributed by atoms with Crippen molar-refractivity contribution in [2.24, 2.45) is 5.92 Å². The first kappa shape index (κ1) is 23.5. The molecule has 0 radical (unpaired) electrons. The summed E-state index contributed by atoms with van der Waals surface area (Å²) in [5.74, 6) is -2.14. The van der Waals surface area contributed by atoms with Crippen molar-refractivity contribution < 1.29 is 18.8 Å². The molecule has 2 rings (SSSR count). The lowest BCUT2D eigenvalue weighted by atomic mass is 9.73. The maximum atomic E-state index is 14.7. The highest BCUT2D eigenvalue weighted by Gasteiger charge is 2.36. The molecular weight excluding hydrogens is 401 g/mol. The topological polar surface area (TPSA) is 63.2 Å². The number of carbonyl (C=O) groups is 3. The molecule has 0 spiro atoms. The van der Waals surface area contributed by atoms with Crippen LogP contribution < -0.4 is 5.32 Å². The molecule has 0 saturated heterocycles. The molecule has 158 valence electrons. The van der Waals surface area contributed by atoms with Gasteiger partial charge in [-0.2, -0.15) is 0 Å². The van der Waals surface area contributed by atoms with Gasteiger partial charge in [-0.05, 0) is 44.5 Å². The summed E-state index contributed by atoms with van der Waals surface area (Å²) in [5, 5.41) is 2.67. The van der Waals surface area contributed by atoms with Gasteiger partial charge in [-0.1, -0.05) is 55.0 Å². The van der Waals surface area contributed by atoms with E-state index in [0.29, 0.717) is 11.1 Å². The average molecular weight is 428 g/mol. The zero-order chi connectivity index (χ0) is 22.5. The summed E-state index contributed by atoms with van der Waals surface area (Å²) < 4.78 is 14.7. The number of amides is 1. The van der Waals surface area contributed by atoms with E-state index >= 15 is 0 Å². The van der Waals surface area contributed by atoms with E-state index in [1.165, 1.54) is 13.0 Å². The van der Waals surface area contributed by atoms with Crippen LogP contribution in [0.15, 0.2) is 48.5 Å². The Kier molecular flexibility index (Phi) is 7.73.